The molecule has 0 saturated carbocycles. The molecule has 29 heavy (non-hydrogen) atoms. The van der Waals surface area contributed by atoms with Crippen LogP contribution in [0.4, 0.5) is 0 Å². The lowest BCUT2D eigenvalue weighted by molar-refractivity contribution is -0.138. The van der Waals surface area contributed by atoms with E-state index in [-0.39, 0.29) is 30.1 Å². The predicted octanol–water partition coefficient (Wildman–Crippen LogP) is 4.53. The van der Waals surface area contributed by atoms with Crippen LogP contribution in [-0.4, -0.2) is 32.4 Å². The van der Waals surface area contributed by atoms with Crippen LogP contribution in [0, 0.1) is 13.8 Å². The molecule has 2 atom stereocenters. The summed E-state index contributed by atoms with van der Waals surface area (Å²) >= 11 is 1.47. The van der Waals surface area contributed by atoms with E-state index in [1.165, 1.54) is 33.4 Å². The summed E-state index contributed by atoms with van der Waals surface area (Å²) in [5, 5.41) is 2.60. The van der Waals surface area contributed by atoms with E-state index in [4.69, 9.17) is 0 Å². The van der Waals surface area contributed by atoms with Crippen LogP contribution in [0.25, 0.3) is 21.3 Å². The summed E-state index contributed by atoms with van der Waals surface area (Å²) in [5.74, 6) is -0.00379. The van der Waals surface area contributed by atoms with E-state index in [2.05, 4.69) is 44.8 Å². The Hall–Kier alpha value is -2.47. The summed E-state index contributed by atoms with van der Waals surface area (Å²) in [6, 6.07) is 6.65. The standard InChI is InChI=1S/C23H27N3O2S/c1-14-8-9-18(10-15(14)2)19-12-29-22-21(19)23(28)25(13-24-22)11-20(27)26-16(3)6-5-7-17(26)4/h8-10,12-13,16-17H,5-7,11H2,1-4H3/t16-,17+. The maximum Gasteiger partial charge on any atom is 0.263 e. The smallest absolute Gasteiger partial charge is 0.263 e. The molecule has 0 N–H and O–H groups in total. The Labute approximate surface area is 175 Å². The van der Waals surface area contributed by atoms with Crippen molar-refractivity contribution in [2.45, 2.75) is 65.6 Å². The van der Waals surface area contributed by atoms with Gasteiger partial charge in [0, 0.05) is 23.0 Å². The molecule has 0 spiro atoms. The zero-order chi connectivity index (χ0) is 20.7. The molecule has 5 nitrogen and oxygen atoms in total. The molecule has 1 aliphatic rings. The number of thiophene rings is 1. The molecule has 1 fully saturated rings. The molecule has 1 aromatic carbocycles. The van der Waals surface area contributed by atoms with Crippen molar-refractivity contribution in [2.24, 2.45) is 0 Å². The second kappa shape index (κ2) is 7.75. The molecular weight excluding hydrogens is 382 g/mol. The third-order valence-electron chi connectivity index (χ3n) is 6.17. The number of aromatic nitrogens is 2. The lowest BCUT2D eigenvalue weighted by Crippen LogP contribution is -2.49. The maximum atomic E-state index is 13.3. The van der Waals surface area contributed by atoms with Gasteiger partial charge in [-0.15, -0.1) is 11.3 Å². The van der Waals surface area contributed by atoms with Gasteiger partial charge >= 0.3 is 0 Å². The van der Waals surface area contributed by atoms with Crippen molar-refractivity contribution in [3.05, 3.63) is 51.4 Å². The van der Waals surface area contributed by atoms with Gasteiger partial charge in [-0.25, -0.2) is 4.98 Å². The normalized spacial score (nSPS) is 19.7. The van der Waals surface area contributed by atoms with Gasteiger partial charge in [-0.05, 0) is 63.6 Å². The van der Waals surface area contributed by atoms with E-state index in [9.17, 15) is 9.59 Å². The Balaban J connectivity index is 1.71. The van der Waals surface area contributed by atoms with E-state index in [1.54, 1.807) is 0 Å². The molecule has 0 unspecified atom stereocenters. The lowest BCUT2D eigenvalue weighted by Gasteiger charge is -2.39. The van der Waals surface area contributed by atoms with Crippen molar-refractivity contribution in [3.63, 3.8) is 0 Å². The van der Waals surface area contributed by atoms with Gasteiger partial charge in [0.1, 0.15) is 11.4 Å². The van der Waals surface area contributed by atoms with Crippen LogP contribution in [0.3, 0.4) is 0 Å². The van der Waals surface area contributed by atoms with Gasteiger partial charge in [0.2, 0.25) is 5.91 Å². The predicted molar refractivity (Wildman–Crippen MR) is 118 cm³/mol. The van der Waals surface area contributed by atoms with Crippen LogP contribution in [0.5, 0.6) is 0 Å². The largest absolute Gasteiger partial charge is 0.336 e. The minimum Gasteiger partial charge on any atom is -0.336 e. The number of likely N-dealkylation sites (tertiary alicyclic amines) is 1. The zero-order valence-corrected chi connectivity index (χ0v) is 18.3. The summed E-state index contributed by atoms with van der Waals surface area (Å²) in [7, 11) is 0. The van der Waals surface area contributed by atoms with Crippen LogP contribution in [0.1, 0.15) is 44.2 Å². The van der Waals surface area contributed by atoms with Crippen LogP contribution in [0.15, 0.2) is 34.7 Å². The molecule has 1 aliphatic heterocycles. The topological polar surface area (TPSA) is 55.2 Å². The van der Waals surface area contributed by atoms with Gasteiger partial charge < -0.3 is 4.90 Å². The number of aryl methyl sites for hydroxylation is 2. The molecule has 0 radical (unpaired) electrons. The average Bonchev–Trinajstić information content (AvgIpc) is 3.11. The minimum atomic E-state index is -0.143. The highest BCUT2D eigenvalue weighted by Crippen LogP contribution is 2.31. The van der Waals surface area contributed by atoms with E-state index in [0.29, 0.717) is 10.2 Å². The van der Waals surface area contributed by atoms with Crippen molar-refractivity contribution in [2.75, 3.05) is 0 Å². The number of hydrogen-bond acceptors (Lipinski definition) is 4. The van der Waals surface area contributed by atoms with Crippen molar-refractivity contribution in [3.8, 4) is 11.1 Å². The second-order valence-corrected chi connectivity index (χ2v) is 9.09. The molecule has 3 heterocycles. The Morgan fingerprint density at radius 2 is 1.90 bits per heavy atom. The molecule has 0 bridgehead atoms. The van der Waals surface area contributed by atoms with Gasteiger partial charge in [0.15, 0.2) is 0 Å². The van der Waals surface area contributed by atoms with E-state index >= 15 is 0 Å². The average molecular weight is 410 g/mol. The fourth-order valence-corrected chi connectivity index (χ4v) is 5.25. The Bertz CT molecular complexity index is 1120. The molecule has 6 heteroatoms. The number of piperidine rings is 1. The van der Waals surface area contributed by atoms with Crippen molar-refractivity contribution in [1.82, 2.24) is 14.5 Å². The maximum absolute atomic E-state index is 13.3. The van der Waals surface area contributed by atoms with Crippen molar-refractivity contribution >= 4 is 27.5 Å². The summed E-state index contributed by atoms with van der Waals surface area (Å²) in [6.45, 7) is 8.37. The van der Waals surface area contributed by atoms with E-state index in [1.807, 2.05) is 16.3 Å². The highest BCUT2D eigenvalue weighted by Gasteiger charge is 2.29. The number of carbonyl (C=O) groups is 1. The third-order valence-corrected chi connectivity index (χ3v) is 7.05. The molecule has 1 saturated heterocycles. The summed E-state index contributed by atoms with van der Waals surface area (Å²) in [6.07, 6.45) is 4.70. The number of rotatable bonds is 3. The third kappa shape index (κ3) is 3.62. The highest BCUT2D eigenvalue weighted by molar-refractivity contribution is 7.17. The van der Waals surface area contributed by atoms with Crippen LogP contribution >= 0.6 is 11.3 Å². The fraction of sp³-hybridized carbons (Fsp3) is 0.435. The van der Waals surface area contributed by atoms with Gasteiger partial charge in [-0.1, -0.05) is 18.2 Å². The fourth-order valence-electron chi connectivity index (χ4n) is 4.34. The van der Waals surface area contributed by atoms with Gasteiger partial charge in [-0.2, -0.15) is 0 Å². The first-order valence-electron chi connectivity index (χ1n) is 10.2. The summed E-state index contributed by atoms with van der Waals surface area (Å²) in [4.78, 5) is 33.4. The Morgan fingerprint density at radius 1 is 1.17 bits per heavy atom. The van der Waals surface area contributed by atoms with E-state index in [0.717, 1.165) is 30.4 Å². The number of amides is 1. The van der Waals surface area contributed by atoms with Gasteiger partial charge in [0.05, 0.1) is 11.7 Å². The van der Waals surface area contributed by atoms with Gasteiger partial charge in [-0.3, -0.25) is 14.2 Å². The molecule has 2 aromatic heterocycles. The Kier molecular flexibility index (Phi) is 5.30. The number of hydrogen-bond donors (Lipinski definition) is 0. The molecule has 4 rings (SSSR count). The number of nitrogens with zero attached hydrogens (tertiary/aromatic N) is 3. The SMILES string of the molecule is Cc1ccc(-c2csc3ncn(CC(=O)N4[C@H](C)CCC[C@@H]4C)c(=O)c23)cc1C. The van der Waals surface area contributed by atoms with E-state index < -0.39 is 0 Å². The molecule has 152 valence electrons. The summed E-state index contributed by atoms with van der Waals surface area (Å²) < 4.78 is 1.47. The minimum absolute atomic E-state index is 0.00379. The van der Waals surface area contributed by atoms with Crippen molar-refractivity contribution in [1.29, 1.82) is 0 Å². The quantitative estimate of drug-likeness (QED) is 0.639. The first-order valence-corrected chi connectivity index (χ1v) is 11.1. The number of fused-ring (bicyclic) bond motifs is 1. The number of benzene rings is 1. The highest BCUT2D eigenvalue weighted by atomic mass is 32.1. The van der Waals surface area contributed by atoms with Gasteiger partial charge in [0.25, 0.3) is 5.56 Å². The second-order valence-electron chi connectivity index (χ2n) is 8.24. The molecular formula is C23H27N3O2S. The molecule has 3 aromatic rings. The zero-order valence-electron chi connectivity index (χ0n) is 17.4. The first kappa shape index (κ1) is 19.8. The molecule has 1 amide bonds. The molecule has 0 aliphatic carbocycles. The lowest BCUT2D eigenvalue weighted by atomic mass is 9.97. The van der Waals surface area contributed by atoms with Crippen LogP contribution in [0.2, 0.25) is 0 Å². The Morgan fingerprint density at radius 3 is 2.59 bits per heavy atom. The summed E-state index contributed by atoms with van der Waals surface area (Å²) in [5.41, 5.74) is 4.18. The monoisotopic (exact) mass is 409 g/mol. The first-order chi connectivity index (χ1) is 13.9. The van der Waals surface area contributed by atoms with Crippen molar-refractivity contribution < 1.29 is 4.79 Å². The van der Waals surface area contributed by atoms with Crippen LogP contribution in [-0.2, 0) is 11.3 Å². The van der Waals surface area contributed by atoms with Crippen LogP contribution < -0.4 is 5.56 Å². The number of carbonyl (C=O) groups excluding carboxylic acids is 1.